The molecule has 3 N–H and O–H groups in total. The van der Waals surface area contributed by atoms with Crippen LogP contribution in [0.1, 0.15) is 48.4 Å². The van der Waals surface area contributed by atoms with Gasteiger partial charge in [0.2, 0.25) is 0 Å². The number of carboxylic acid groups (broad SMARTS) is 1. The molecule has 3 aliphatic heterocycles. The summed E-state index contributed by atoms with van der Waals surface area (Å²) in [5, 5.41) is 24.0. The number of benzene rings is 2. The first-order valence-corrected chi connectivity index (χ1v) is 17.5. The molecule has 268 valence electrons. The van der Waals surface area contributed by atoms with E-state index in [0.717, 1.165) is 37.1 Å². The van der Waals surface area contributed by atoms with E-state index in [1.165, 1.54) is 4.68 Å². The second-order valence-corrected chi connectivity index (χ2v) is 13.7. The van der Waals surface area contributed by atoms with Crippen molar-refractivity contribution in [2.75, 3.05) is 58.9 Å². The highest BCUT2D eigenvalue weighted by atomic mass is 16.6. The number of hydrogen-bond donors (Lipinski definition) is 3. The molecule has 3 fully saturated rings. The number of amides is 2. The van der Waals surface area contributed by atoms with E-state index < -0.39 is 18.2 Å². The molecule has 3 saturated heterocycles. The molecule has 14 heteroatoms. The van der Waals surface area contributed by atoms with Crippen molar-refractivity contribution < 1.29 is 29.3 Å². The van der Waals surface area contributed by atoms with Crippen LogP contribution < -0.4 is 5.69 Å². The molecular weight excluding hydrogens is 642 g/mol. The van der Waals surface area contributed by atoms with E-state index >= 15 is 0 Å². The first kappa shape index (κ1) is 35.1. The topological polar surface area (TPSA) is 165 Å². The highest BCUT2D eigenvalue weighted by molar-refractivity contribution is 5.84. The van der Waals surface area contributed by atoms with Crippen molar-refractivity contribution in [1.82, 2.24) is 34.4 Å². The van der Waals surface area contributed by atoms with E-state index in [1.54, 1.807) is 23.6 Å². The second-order valence-electron chi connectivity index (χ2n) is 13.7. The fourth-order valence-corrected chi connectivity index (χ4v) is 7.50. The molecule has 2 aromatic carbocycles. The van der Waals surface area contributed by atoms with Crippen molar-refractivity contribution in [3.63, 3.8) is 0 Å². The van der Waals surface area contributed by atoms with Crippen LogP contribution in [0.5, 0.6) is 5.75 Å². The number of carbonyl (C=O) groups is 3. The van der Waals surface area contributed by atoms with Crippen LogP contribution in [-0.2, 0) is 20.7 Å². The Bertz CT molecular complexity index is 1690. The number of aryl methyl sites for hydroxylation is 2. The van der Waals surface area contributed by atoms with Crippen LogP contribution in [-0.4, -0.2) is 134 Å². The van der Waals surface area contributed by atoms with Gasteiger partial charge in [-0.1, -0.05) is 42.5 Å². The first-order valence-electron chi connectivity index (χ1n) is 17.5. The fourth-order valence-electron chi connectivity index (χ4n) is 7.50. The predicted molar refractivity (Wildman–Crippen MR) is 185 cm³/mol. The molecule has 0 bridgehead atoms. The SMILES string of the molecule is Cc1cc(C[C@@H](OC(=O)N2CCC(n3nc(-c4ccccc4)[nH]c3=O)CC2)C(=O)N2CCN(C3CCN(CC(=O)O)CC3)CC2)cc(C)c1O. The fraction of sp³-hybridized carbons (Fsp3) is 0.528. The lowest BCUT2D eigenvalue weighted by Crippen LogP contribution is -2.56. The second kappa shape index (κ2) is 15.5. The smallest absolute Gasteiger partial charge is 0.410 e. The number of hydrogen-bond acceptors (Lipinski definition) is 9. The maximum absolute atomic E-state index is 14.0. The average Bonchev–Trinajstić information content (AvgIpc) is 3.52. The van der Waals surface area contributed by atoms with Crippen molar-refractivity contribution in [3.05, 3.63) is 69.6 Å². The van der Waals surface area contributed by atoms with Crippen molar-refractivity contribution in [2.24, 2.45) is 0 Å². The van der Waals surface area contributed by atoms with Gasteiger partial charge in [0.25, 0.3) is 5.91 Å². The summed E-state index contributed by atoms with van der Waals surface area (Å²) >= 11 is 0. The van der Waals surface area contributed by atoms with E-state index in [9.17, 15) is 24.3 Å². The number of piperidine rings is 2. The Balaban J connectivity index is 1.08. The minimum Gasteiger partial charge on any atom is -0.507 e. The van der Waals surface area contributed by atoms with Crippen LogP contribution in [0.4, 0.5) is 4.79 Å². The molecule has 50 heavy (non-hydrogen) atoms. The number of carboxylic acids is 1. The summed E-state index contributed by atoms with van der Waals surface area (Å²) in [4.78, 5) is 62.0. The lowest BCUT2D eigenvalue weighted by atomic mass is 10.00. The van der Waals surface area contributed by atoms with Crippen LogP contribution in [0.2, 0.25) is 0 Å². The van der Waals surface area contributed by atoms with Crippen LogP contribution in [0.15, 0.2) is 47.3 Å². The minimum atomic E-state index is -1.04. The Kier molecular flexibility index (Phi) is 10.9. The predicted octanol–water partition coefficient (Wildman–Crippen LogP) is 2.64. The third kappa shape index (κ3) is 8.19. The van der Waals surface area contributed by atoms with Crippen LogP contribution in [0, 0.1) is 13.8 Å². The monoisotopic (exact) mass is 689 g/mol. The number of aliphatic carboxylic acids is 1. The van der Waals surface area contributed by atoms with Crippen molar-refractivity contribution >= 4 is 18.0 Å². The number of nitrogens with one attached hydrogen (secondary N) is 1. The molecular formula is C36H47N7O7. The zero-order valence-corrected chi connectivity index (χ0v) is 28.8. The van der Waals surface area contributed by atoms with Gasteiger partial charge in [0.1, 0.15) is 5.75 Å². The van der Waals surface area contributed by atoms with Gasteiger partial charge in [0.15, 0.2) is 11.9 Å². The Morgan fingerprint density at radius 3 is 2.12 bits per heavy atom. The minimum absolute atomic E-state index is 0.0624. The molecule has 0 unspecified atom stereocenters. The van der Waals surface area contributed by atoms with Gasteiger partial charge in [-0.15, -0.1) is 5.10 Å². The normalized spacial score (nSPS) is 19.0. The number of aromatic amines is 1. The number of aromatic nitrogens is 3. The number of H-pyrrole nitrogens is 1. The standard InChI is InChI=1S/C36H47N7O7/c1-24-20-26(21-25(2)32(24)46)22-30(34(47)41-18-16-40(17-19-41)28-8-12-39(13-9-28)23-31(44)45)50-36(49)42-14-10-29(11-15-42)43-35(48)37-33(38-43)27-6-4-3-5-7-27/h3-7,20-21,28-30,46H,8-19,22-23H2,1-2H3,(H,44,45)(H,37,38,48)/t30-/m1/s1. The highest BCUT2D eigenvalue weighted by Gasteiger charge is 2.35. The van der Waals surface area contributed by atoms with Crippen LogP contribution in [0.25, 0.3) is 11.4 Å². The summed E-state index contributed by atoms with van der Waals surface area (Å²) in [6.45, 7) is 8.25. The molecule has 0 saturated carbocycles. The Morgan fingerprint density at radius 2 is 1.50 bits per heavy atom. The summed E-state index contributed by atoms with van der Waals surface area (Å²) in [6, 6.07) is 13.2. The molecule has 3 aromatic rings. The van der Waals surface area contributed by atoms with Gasteiger partial charge in [0.05, 0.1) is 12.6 Å². The first-order chi connectivity index (χ1) is 24.0. The molecule has 14 nitrogen and oxygen atoms in total. The summed E-state index contributed by atoms with van der Waals surface area (Å²) in [5.41, 5.74) is 2.69. The van der Waals surface area contributed by atoms with Gasteiger partial charge >= 0.3 is 17.8 Å². The van der Waals surface area contributed by atoms with Crippen LogP contribution >= 0.6 is 0 Å². The Labute approximate surface area is 291 Å². The van der Waals surface area contributed by atoms with E-state index in [4.69, 9.17) is 9.84 Å². The molecule has 0 spiro atoms. The molecule has 1 aromatic heterocycles. The van der Waals surface area contributed by atoms with Gasteiger partial charge in [-0.3, -0.25) is 24.4 Å². The number of nitrogens with zero attached hydrogens (tertiary/aromatic N) is 6. The lowest BCUT2D eigenvalue weighted by Gasteiger charge is -2.43. The maximum atomic E-state index is 14.0. The lowest BCUT2D eigenvalue weighted by molar-refractivity contribution is -0.143. The van der Waals surface area contributed by atoms with Crippen molar-refractivity contribution in [1.29, 1.82) is 0 Å². The molecule has 0 aliphatic carbocycles. The van der Waals surface area contributed by atoms with Crippen molar-refractivity contribution in [2.45, 2.75) is 64.1 Å². The number of aromatic hydroxyl groups is 1. The van der Waals surface area contributed by atoms with E-state index in [1.807, 2.05) is 47.4 Å². The Morgan fingerprint density at radius 1 is 0.880 bits per heavy atom. The zero-order valence-electron chi connectivity index (χ0n) is 28.8. The van der Waals surface area contributed by atoms with E-state index in [0.29, 0.717) is 75.1 Å². The van der Waals surface area contributed by atoms with Crippen molar-refractivity contribution in [3.8, 4) is 17.1 Å². The van der Waals surface area contributed by atoms with E-state index in [-0.39, 0.29) is 36.4 Å². The molecule has 3 aliphatic rings. The quantitative estimate of drug-likeness (QED) is 0.304. The number of rotatable bonds is 9. The van der Waals surface area contributed by atoms with Gasteiger partial charge in [-0.05, 0) is 56.2 Å². The van der Waals surface area contributed by atoms with E-state index in [2.05, 4.69) is 15.0 Å². The number of carbonyl (C=O) groups excluding carboxylic acids is 2. The largest absolute Gasteiger partial charge is 0.507 e. The van der Waals surface area contributed by atoms with Gasteiger partial charge in [-0.2, -0.15) is 0 Å². The highest BCUT2D eigenvalue weighted by Crippen LogP contribution is 2.27. The summed E-state index contributed by atoms with van der Waals surface area (Å²) in [7, 11) is 0. The summed E-state index contributed by atoms with van der Waals surface area (Å²) < 4.78 is 7.47. The number of phenols is 1. The average molecular weight is 690 g/mol. The summed E-state index contributed by atoms with van der Waals surface area (Å²) in [5.74, 6) is -0.353. The third-order valence-corrected chi connectivity index (χ3v) is 10.3. The number of ether oxygens (including phenoxy) is 1. The van der Waals surface area contributed by atoms with Gasteiger partial charge in [0, 0.05) is 70.4 Å². The van der Waals surface area contributed by atoms with Crippen LogP contribution in [0.3, 0.4) is 0 Å². The third-order valence-electron chi connectivity index (χ3n) is 10.3. The van der Waals surface area contributed by atoms with Gasteiger partial charge in [-0.25, -0.2) is 14.3 Å². The molecule has 2 amide bonds. The number of likely N-dealkylation sites (tertiary alicyclic amines) is 2. The maximum Gasteiger partial charge on any atom is 0.410 e. The number of piperazine rings is 1. The molecule has 4 heterocycles. The number of phenolic OH excluding ortho intramolecular Hbond substituents is 1. The molecule has 1 atom stereocenters. The zero-order chi connectivity index (χ0) is 35.4. The van der Waals surface area contributed by atoms with Gasteiger partial charge < -0.3 is 24.7 Å². The summed E-state index contributed by atoms with van der Waals surface area (Å²) in [6.07, 6.45) is 1.37. The molecule has 0 radical (unpaired) electrons. The Hall–Kier alpha value is -4.69. The molecule has 6 rings (SSSR count).